The number of aromatic nitrogens is 3. The summed E-state index contributed by atoms with van der Waals surface area (Å²) in [5.41, 5.74) is 1.85. The maximum Gasteiger partial charge on any atom is 0.234 e. The van der Waals surface area contributed by atoms with Gasteiger partial charge in [-0.25, -0.2) is 9.97 Å². The molecular formula is C16H18N6OS. The number of anilines is 2. The van der Waals surface area contributed by atoms with Gasteiger partial charge in [0.25, 0.3) is 0 Å². The van der Waals surface area contributed by atoms with E-state index in [1.54, 1.807) is 6.33 Å². The Balaban J connectivity index is 1.44. The van der Waals surface area contributed by atoms with Gasteiger partial charge in [0.05, 0.1) is 11.4 Å². The summed E-state index contributed by atoms with van der Waals surface area (Å²) in [5, 5.41) is 3.78. The highest BCUT2D eigenvalue weighted by molar-refractivity contribution is 8.00. The molecule has 2 aliphatic heterocycles. The standard InChI is InChI=1S/C16H18N6OS/c23-13-10-24-16-14(20-13)15(18-11-19-16)22-7-5-21(6-8-22)9-12-3-1-2-4-17-12/h1-4,11H,5-10H2,(H,20,23). The molecule has 0 bridgehead atoms. The molecule has 4 heterocycles. The van der Waals surface area contributed by atoms with Crippen LogP contribution in [0.15, 0.2) is 35.7 Å². The summed E-state index contributed by atoms with van der Waals surface area (Å²) in [4.78, 5) is 29.4. The van der Waals surface area contributed by atoms with Crippen molar-refractivity contribution < 1.29 is 4.79 Å². The molecule has 2 aromatic heterocycles. The van der Waals surface area contributed by atoms with Crippen LogP contribution >= 0.6 is 11.8 Å². The fourth-order valence-corrected chi connectivity index (χ4v) is 3.72. The van der Waals surface area contributed by atoms with E-state index < -0.39 is 0 Å². The topological polar surface area (TPSA) is 74.2 Å². The normalized spacial score (nSPS) is 18.2. The van der Waals surface area contributed by atoms with E-state index in [4.69, 9.17) is 0 Å². The molecule has 1 fully saturated rings. The van der Waals surface area contributed by atoms with E-state index in [0.717, 1.165) is 54.9 Å². The second-order valence-corrected chi connectivity index (χ2v) is 6.76. The van der Waals surface area contributed by atoms with Crippen molar-refractivity contribution in [3.8, 4) is 0 Å². The van der Waals surface area contributed by atoms with Gasteiger partial charge in [-0.15, -0.1) is 0 Å². The molecule has 1 saturated heterocycles. The fraction of sp³-hybridized carbons (Fsp3) is 0.375. The van der Waals surface area contributed by atoms with Crippen molar-refractivity contribution in [1.82, 2.24) is 19.9 Å². The zero-order valence-electron chi connectivity index (χ0n) is 13.2. The average Bonchev–Trinajstić information content (AvgIpc) is 2.63. The monoisotopic (exact) mass is 342 g/mol. The Morgan fingerprint density at radius 1 is 1.12 bits per heavy atom. The minimum Gasteiger partial charge on any atom is -0.352 e. The van der Waals surface area contributed by atoms with Crippen molar-refractivity contribution in [2.45, 2.75) is 11.6 Å². The number of thioether (sulfide) groups is 1. The van der Waals surface area contributed by atoms with Gasteiger partial charge in [0, 0.05) is 38.9 Å². The second kappa shape index (κ2) is 6.74. The molecule has 0 saturated carbocycles. The smallest absolute Gasteiger partial charge is 0.234 e. The zero-order chi connectivity index (χ0) is 16.4. The highest BCUT2D eigenvalue weighted by Gasteiger charge is 2.26. The van der Waals surface area contributed by atoms with Crippen molar-refractivity contribution in [3.63, 3.8) is 0 Å². The summed E-state index contributed by atoms with van der Waals surface area (Å²) in [6.07, 6.45) is 3.41. The third-order valence-electron chi connectivity index (χ3n) is 4.18. The summed E-state index contributed by atoms with van der Waals surface area (Å²) in [7, 11) is 0. The van der Waals surface area contributed by atoms with Gasteiger partial charge in [-0.2, -0.15) is 0 Å². The van der Waals surface area contributed by atoms with Crippen LogP contribution in [0, 0.1) is 0 Å². The summed E-state index contributed by atoms with van der Waals surface area (Å²) in [6.45, 7) is 4.49. The number of hydrogen-bond acceptors (Lipinski definition) is 7. The van der Waals surface area contributed by atoms with Gasteiger partial charge in [-0.3, -0.25) is 14.7 Å². The summed E-state index contributed by atoms with van der Waals surface area (Å²) >= 11 is 1.47. The van der Waals surface area contributed by atoms with Crippen molar-refractivity contribution in [2.75, 3.05) is 42.1 Å². The molecule has 4 rings (SSSR count). The first-order valence-corrected chi connectivity index (χ1v) is 8.93. The van der Waals surface area contributed by atoms with Crippen LogP contribution < -0.4 is 10.2 Å². The van der Waals surface area contributed by atoms with E-state index >= 15 is 0 Å². The van der Waals surface area contributed by atoms with Gasteiger partial charge >= 0.3 is 0 Å². The van der Waals surface area contributed by atoms with Crippen molar-refractivity contribution in [3.05, 3.63) is 36.4 Å². The third kappa shape index (κ3) is 3.20. The SMILES string of the molecule is O=C1CSc2ncnc(N3CCN(Cc4ccccn4)CC3)c2N1. The van der Waals surface area contributed by atoms with E-state index in [2.05, 4.69) is 36.1 Å². The number of pyridine rings is 1. The van der Waals surface area contributed by atoms with Crippen LogP contribution in [-0.2, 0) is 11.3 Å². The molecule has 0 aromatic carbocycles. The number of nitrogens with one attached hydrogen (secondary N) is 1. The number of amides is 1. The molecule has 7 nitrogen and oxygen atoms in total. The van der Waals surface area contributed by atoms with Gasteiger partial charge in [0.1, 0.15) is 17.0 Å². The largest absolute Gasteiger partial charge is 0.352 e. The second-order valence-electron chi connectivity index (χ2n) is 5.80. The minimum absolute atomic E-state index is 0.0114. The Kier molecular flexibility index (Phi) is 4.31. The number of piperazine rings is 1. The maximum absolute atomic E-state index is 11.7. The van der Waals surface area contributed by atoms with Gasteiger partial charge in [0.15, 0.2) is 5.82 Å². The molecule has 8 heteroatoms. The van der Waals surface area contributed by atoms with Gasteiger partial charge < -0.3 is 10.2 Å². The van der Waals surface area contributed by atoms with Crippen LogP contribution in [-0.4, -0.2) is 57.7 Å². The third-order valence-corrected chi connectivity index (χ3v) is 5.17. The molecule has 24 heavy (non-hydrogen) atoms. The Morgan fingerprint density at radius 3 is 2.79 bits per heavy atom. The van der Waals surface area contributed by atoms with E-state index in [9.17, 15) is 4.79 Å². The molecule has 0 unspecified atom stereocenters. The Morgan fingerprint density at radius 2 is 2.00 bits per heavy atom. The number of carbonyl (C=O) groups is 1. The summed E-state index contributed by atoms with van der Waals surface area (Å²) in [6, 6.07) is 6.01. The lowest BCUT2D eigenvalue weighted by atomic mass is 10.2. The van der Waals surface area contributed by atoms with Crippen LogP contribution in [0.25, 0.3) is 0 Å². The highest BCUT2D eigenvalue weighted by Crippen LogP contribution is 2.35. The number of carbonyl (C=O) groups excluding carboxylic acids is 1. The number of nitrogens with zero attached hydrogens (tertiary/aromatic N) is 5. The van der Waals surface area contributed by atoms with E-state index in [1.807, 2.05) is 18.3 Å². The minimum atomic E-state index is 0.0114. The average molecular weight is 342 g/mol. The van der Waals surface area contributed by atoms with Crippen molar-refractivity contribution in [1.29, 1.82) is 0 Å². The van der Waals surface area contributed by atoms with Gasteiger partial charge in [-0.1, -0.05) is 17.8 Å². The van der Waals surface area contributed by atoms with E-state index in [1.165, 1.54) is 11.8 Å². The molecule has 0 radical (unpaired) electrons. The van der Waals surface area contributed by atoms with Gasteiger partial charge in [-0.05, 0) is 12.1 Å². The lowest BCUT2D eigenvalue weighted by Gasteiger charge is -2.36. The first-order chi connectivity index (χ1) is 11.8. The molecule has 124 valence electrons. The van der Waals surface area contributed by atoms with Gasteiger partial charge in [0.2, 0.25) is 5.91 Å². The molecule has 0 atom stereocenters. The van der Waals surface area contributed by atoms with E-state index in [-0.39, 0.29) is 5.91 Å². The Labute approximate surface area is 144 Å². The Hall–Kier alpha value is -2.19. The molecular weight excluding hydrogens is 324 g/mol. The molecule has 0 spiro atoms. The maximum atomic E-state index is 11.7. The number of hydrogen-bond donors (Lipinski definition) is 1. The van der Waals surface area contributed by atoms with Crippen LogP contribution in [0.3, 0.4) is 0 Å². The first kappa shape index (κ1) is 15.3. The number of fused-ring (bicyclic) bond motifs is 1. The summed E-state index contributed by atoms with van der Waals surface area (Å²) < 4.78 is 0. The quantitative estimate of drug-likeness (QED) is 0.841. The predicted octanol–water partition coefficient (Wildman–Crippen LogP) is 1.24. The molecule has 1 N–H and O–H groups in total. The van der Waals surface area contributed by atoms with Crippen LogP contribution in [0.5, 0.6) is 0 Å². The first-order valence-electron chi connectivity index (χ1n) is 7.94. The fourth-order valence-electron chi connectivity index (χ4n) is 2.97. The van der Waals surface area contributed by atoms with Crippen molar-refractivity contribution >= 4 is 29.2 Å². The lowest BCUT2D eigenvalue weighted by molar-refractivity contribution is -0.113. The zero-order valence-corrected chi connectivity index (χ0v) is 14.0. The van der Waals surface area contributed by atoms with Crippen LogP contribution in [0.1, 0.15) is 5.69 Å². The van der Waals surface area contributed by atoms with Crippen LogP contribution in [0.2, 0.25) is 0 Å². The predicted molar refractivity (Wildman–Crippen MR) is 93.1 cm³/mol. The summed E-state index contributed by atoms with van der Waals surface area (Å²) in [5.74, 6) is 1.26. The highest BCUT2D eigenvalue weighted by atomic mass is 32.2. The molecule has 2 aromatic rings. The van der Waals surface area contributed by atoms with Crippen LogP contribution in [0.4, 0.5) is 11.5 Å². The molecule has 0 aliphatic carbocycles. The van der Waals surface area contributed by atoms with Crippen molar-refractivity contribution in [2.24, 2.45) is 0 Å². The molecule has 2 aliphatic rings. The Bertz CT molecular complexity index is 733. The lowest BCUT2D eigenvalue weighted by Crippen LogP contribution is -2.46. The molecule has 1 amide bonds. The van der Waals surface area contributed by atoms with E-state index in [0.29, 0.717) is 5.75 Å². The number of rotatable bonds is 3.